The van der Waals surface area contributed by atoms with Gasteiger partial charge in [-0.15, -0.1) is 0 Å². The van der Waals surface area contributed by atoms with Crippen LogP contribution in [-0.2, 0) is 16.1 Å². The lowest BCUT2D eigenvalue weighted by Crippen LogP contribution is -2.57. The Morgan fingerprint density at radius 1 is 0.842 bits per heavy atom. The van der Waals surface area contributed by atoms with Crippen LogP contribution in [0.4, 0.5) is 8.78 Å². The van der Waals surface area contributed by atoms with Gasteiger partial charge in [0.2, 0.25) is 11.6 Å². The molecule has 0 spiro atoms. The molecule has 12 nitrogen and oxygen atoms in total. The molecule has 6 aliphatic heterocycles. The fourth-order valence-electron chi connectivity index (χ4n) is 5.15. The summed E-state index contributed by atoms with van der Waals surface area (Å²) in [4.78, 5) is 76.0. The van der Waals surface area contributed by atoms with Gasteiger partial charge < -0.3 is 9.88 Å². The molecule has 0 aliphatic carbocycles. The van der Waals surface area contributed by atoms with Crippen LogP contribution in [0.3, 0.4) is 0 Å². The van der Waals surface area contributed by atoms with Gasteiger partial charge in [0.15, 0.2) is 11.6 Å². The van der Waals surface area contributed by atoms with Crippen molar-refractivity contribution >= 4 is 11.6 Å². The predicted molar refractivity (Wildman–Crippen MR) is 130 cm³/mol. The molecule has 6 saturated heterocycles. The summed E-state index contributed by atoms with van der Waals surface area (Å²) in [6.45, 7) is 7.62. The Kier molecular flexibility index (Phi) is 7.99. The van der Waals surface area contributed by atoms with Crippen molar-refractivity contribution in [2.75, 3.05) is 26.2 Å². The van der Waals surface area contributed by atoms with Crippen molar-refractivity contribution in [3.05, 3.63) is 78.0 Å². The molecule has 0 radical (unpaired) electrons. The third-order valence-electron chi connectivity index (χ3n) is 7.34. The Morgan fingerprint density at radius 3 is 1.95 bits per heavy atom. The number of hydrogen-bond acceptors (Lipinski definition) is 8. The molecule has 4 bridgehead atoms. The zero-order chi connectivity index (χ0) is 27.6. The van der Waals surface area contributed by atoms with Crippen LogP contribution in [0.1, 0.15) is 25.7 Å². The normalized spacial score (nSPS) is 24.0. The van der Waals surface area contributed by atoms with Gasteiger partial charge in [-0.1, -0.05) is 6.58 Å². The number of aromatic amines is 3. The predicted octanol–water partition coefficient (Wildman–Crippen LogP) is -0.664. The van der Waals surface area contributed by atoms with Gasteiger partial charge in [0.05, 0.1) is 17.9 Å². The number of carbonyl (C=O) groups excluding carboxylic acids is 2. The first-order valence-electron chi connectivity index (χ1n) is 12.3. The van der Waals surface area contributed by atoms with Crippen LogP contribution in [0, 0.1) is 23.5 Å². The Balaban J connectivity index is 0.000000148. The number of Topliss-reactive ketones (excluding diaryl/α,β-unsaturated/α-hetero) is 2. The molecule has 0 aromatic carbocycles. The highest BCUT2D eigenvalue weighted by Gasteiger charge is 2.41. The summed E-state index contributed by atoms with van der Waals surface area (Å²) in [5.74, 6) is -1.21. The highest BCUT2D eigenvalue weighted by atomic mass is 19.1. The zero-order valence-corrected chi connectivity index (χ0v) is 20.5. The van der Waals surface area contributed by atoms with E-state index in [0.29, 0.717) is 12.1 Å². The molecule has 0 amide bonds. The van der Waals surface area contributed by atoms with Gasteiger partial charge in [-0.3, -0.25) is 38.6 Å². The fourth-order valence-corrected chi connectivity index (χ4v) is 5.15. The van der Waals surface area contributed by atoms with E-state index in [1.54, 1.807) is 4.98 Å². The maximum absolute atomic E-state index is 13.2. The van der Waals surface area contributed by atoms with E-state index in [1.807, 2.05) is 14.9 Å². The molecule has 204 valence electrons. The monoisotopic (exact) mass is 534 g/mol. The van der Waals surface area contributed by atoms with Crippen LogP contribution >= 0.6 is 0 Å². The summed E-state index contributed by atoms with van der Waals surface area (Å²) in [6, 6.07) is -0.379. The lowest BCUT2D eigenvalue weighted by atomic mass is 9.82. The Labute approximate surface area is 214 Å². The first kappa shape index (κ1) is 27.1. The SMILES string of the molecule is C=C1C(=O)C2CCN1CC2.O=C1C2CCN(CC2)C1Cn1cc(F)c(=O)[nH]c1=O.O=c1[nH]cc(F)c(=O)[nH]1. The van der Waals surface area contributed by atoms with Gasteiger partial charge in [0.25, 0.3) is 11.1 Å². The zero-order valence-electron chi connectivity index (χ0n) is 20.5. The number of rotatable bonds is 2. The third kappa shape index (κ3) is 5.79. The van der Waals surface area contributed by atoms with Crippen molar-refractivity contribution in [3.8, 4) is 0 Å². The van der Waals surface area contributed by atoms with Crippen LogP contribution in [0.5, 0.6) is 0 Å². The van der Waals surface area contributed by atoms with Crippen molar-refractivity contribution in [2.45, 2.75) is 38.3 Å². The third-order valence-corrected chi connectivity index (χ3v) is 7.34. The number of fused-ring (bicyclic) bond motifs is 6. The molecule has 6 fully saturated rings. The molecule has 8 heterocycles. The molecule has 3 N–H and O–H groups in total. The first-order valence-corrected chi connectivity index (χ1v) is 12.3. The average molecular weight is 535 g/mol. The average Bonchev–Trinajstić information content (AvgIpc) is 2.91. The number of aromatic nitrogens is 4. The number of hydrogen-bond donors (Lipinski definition) is 3. The van der Waals surface area contributed by atoms with Gasteiger partial charge in [-0.25, -0.2) is 9.59 Å². The number of H-pyrrole nitrogens is 3. The van der Waals surface area contributed by atoms with Gasteiger partial charge in [-0.05, 0) is 38.8 Å². The molecule has 0 saturated carbocycles. The second-order valence-corrected chi connectivity index (χ2v) is 9.61. The quantitative estimate of drug-likeness (QED) is 0.428. The second kappa shape index (κ2) is 11.2. The molecule has 14 heteroatoms. The number of nitrogens with one attached hydrogen (secondary N) is 3. The summed E-state index contributed by atoms with van der Waals surface area (Å²) in [5.41, 5.74) is -2.66. The van der Waals surface area contributed by atoms with Crippen LogP contribution in [-0.4, -0.2) is 73.1 Å². The lowest BCUT2D eigenvalue weighted by Gasteiger charge is -2.44. The second-order valence-electron chi connectivity index (χ2n) is 9.61. The number of nitrogens with zero attached hydrogens (tertiary/aromatic N) is 3. The van der Waals surface area contributed by atoms with Crippen molar-refractivity contribution in [3.63, 3.8) is 0 Å². The van der Waals surface area contributed by atoms with E-state index in [9.17, 15) is 37.5 Å². The summed E-state index contributed by atoms with van der Waals surface area (Å²) in [7, 11) is 0. The van der Waals surface area contributed by atoms with Gasteiger partial charge >= 0.3 is 11.4 Å². The smallest absolute Gasteiger partial charge is 0.328 e. The highest BCUT2D eigenvalue weighted by Crippen LogP contribution is 2.30. The van der Waals surface area contributed by atoms with Crippen LogP contribution in [0.2, 0.25) is 0 Å². The number of halogens is 2. The number of ketones is 2. The van der Waals surface area contributed by atoms with E-state index >= 15 is 0 Å². The highest BCUT2D eigenvalue weighted by molar-refractivity contribution is 5.97. The van der Waals surface area contributed by atoms with E-state index in [1.165, 1.54) is 0 Å². The summed E-state index contributed by atoms with van der Waals surface area (Å²) >= 11 is 0. The van der Waals surface area contributed by atoms with E-state index in [-0.39, 0.29) is 30.1 Å². The number of piperidine rings is 6. The summed E-state index contributed by atoms with van der Waals surface area (Å²) in [6.07, 6.45) is 5.42. The van der Waals surface area contributed by atoms with Crippen LogP contribution in [0.15, 0.2) is 43.8 Å². The minimum atomic E-state index is -1.03. The Morgan fingerprint density at radius 2 is 1.45 bits per heavy atom. The molecule has 38 heavy (non-hydrogen) atoms. The number of carbonyl (C=O) groups is 2. The van der Waals surface area contributed by atoms with Gasteiger partial charge in [0.1, 0.15) is 0 Å². The van der Waals surface area contributed by atoms with Crippen molar-refractivity contribution in [1.29, 1.82) is 0 Å². The molecular formula is C24H28F2N6O6. The minimum absolute atomic E-state index is 0.0679. The Hall–Kier alpha value is -3.94. The lowest BCUT2D eigenvalue weighted by molar-refractivity contribution is -0.137. The van der Waals surface area contributed by atoms with E-state index in [2.05, 4.69) is 11.5 Å². The number of allylic oxidation sites excluding steroid dienone is 1. The molecule has 8 rings (SSSR count). The van der Waals surface area contributed by atoms with Gasteiger partial charge in [-0.2, -0.15) is 8.78 Å². The molecule has 1 unspecified atom stereocenters. The van der Waals surface area contributed by atoms with Crippen LogP contribution in [0.25, 0.3) is 0 Å². The standard InChI is InChI=1S/C12H14FN3O3.C8H11NO.C4H3FN2O2/c13-8-5-16(12(19)14-11(8)18)6-9-10(17)7-1-3-15(9)4-2-7;1-6-8(10)7-2-4-9(6)5-3-7;5-2-1-6-4(9)7-3(2)8/h5,7,9H,1-4,6H2,(H,14,18,19);7H,1-5H2;1H,(H2,6,7,8,9). The van der Waals surface area contributed by atoms with E-state index in [0.717, 1.165) is 68.3 Å². The maximum Gasteiger partial charge on any atom is 0.328 e. The minimum Gasteiger partial charge on any atom is -0.369 e. The van der Waals surface area contributed by atoms with Crippen molar-refractivity contribution in [2.24, 2.45) is 11.8 Å². The fraction of sp³-hybridized carbons (Fsp3) is 0.500. The maximum atomic E-state index is 13.2. The molecule has 2 aromatic rings. The largest absolute Gasteiger partial charge is 0.369 e. The van der Waals surface area contributed by atoms with Crippen molar-refractivity contribution < 1.29 is 18.4 Å². The molecule has 2 aromatic heterocycles. The van der Waals surface area contributed by atoms with E-state index < -0.39 is 34.1 Å². The molecule has 6 aliphatic rings. The Bertz CT molecular complexity index is 1440. The summed E-state index contributed by atoms with van der Waals surface area (Å²) < 4.78 is 26.3. The van der Waals surface area contributed by atoms with Gasteiger partial charge in [0, 0.05) is 37.7 Å². The van der Waals surface area contributed by atoms with Crippen LogP contribution < -0.4 is 22.5 Å². The topological polar surface area (TPSA) is 161 Å². The summed E-state index contributed by atoms with van der Waals surface area (Å²) in [5, 5.41) is 0. The molecule has 1 atom stereocenters. The van der Waals surface area contributed by atoms with E-state index in [4.69, 9.17) is 0 Å². The van der Waals surface area contributed by atoms with Crippen molar-refractivity contribution in [1.82, 2.24) is 29.3 Å². The first-order chi connectivity index (χ1) is 18.0. The molecular weight excluding hydrogens is 506 g/mol.